The van der Waals surface area contributed by atoms with Crippen LogP contribution in [-0.4, -0.2) is 102 Å². The first kappa shape index (κ1) is 34.5. The molecule has 0 aromatic heterocycles. The second-order valence-electron chi connectivity index (χ2n) is 8.91. The maximum atomic E-state index is 5.75. The van der Waals surface area contributed by atoms with Crippen molar-refractivity contribution in [3.05, 3.63) is 35.4 Å². The molecule has 0 aliphatic carbocycles. The van der Waals surface area contributed by atoms with Crippen molar-refractivity contribution >= 4 is 0 Å². The molecule has 0 atom stereocenters. The number of quaternary nitrogens is 2. The van der Waals surface area contributed by atoms with Gasteiger partial charge in [-0.1, -0.05) is 24.3 Å². The summed E-state index contributed by atoms with van der Waals surface area (Å²) in [4.78, 5) is 0. The molecule has 1 aromatic carbocycles. The highest BCUT2D eigenvalue weighted by atomic mass is 127. The predicted octanol–water partition coefficient (Wildman–Crippen LogP) is -7.40. The van der Waals surface area contributed by atoms with Gasteiger partial charge in [0.2, 0.25) is 0 Å². The molecule has 0 saturated heterocycles. The van der Waals surface area contributed by atoms with Crippen LogP contribution in [0.25, 0.3) is 0 Å². The minimum atomic E-state index is 0. The normalized spacial score (nSPS) is 11.7. The van der Waals surface area contributed by atoms with Gasteiger partial charge in [0.15, 0.2) is 0 Å². The van der Waals surface area contributed by atoms with Gasteiger partial charge >= 0.3 is 0 Å². The molecule has 190 valence electrons. The highest BCUT2D eigenvalue weighted by molar-refractivity contribution is 5.22. The largest absolute Gasteiger partial charge is 1.00 e. The van der Waals surface area contributed by atoms with E-state index in [9.17, 15) is 0 Å². The summed E-state index contributed by atoms with van der Waals surface area (Å²) in [5.41, 5.74) is 25.6. The van der Waals surface area contributed by atoms with Crippen LogP contribution in [0, 0.1) is 0 Å². The van der Waals surface area contributed by atoms with E-state index in [0.29, 0.717) is 26.2 Å². The van der Waals surface area contributed by atoms with E-state index in [2.05, 4.69) is 49.0 Å². The van der Waals surface area contributed by atoms with Gasteiger partial charge in [-0.05, 0) is 11.1 Å². The Labute approximate surface area is 230 Å². The van der Waals surface area contributed by atoms with E-state index in [1.54, 1.807) is 0 Å². The van der Waals surface area contributed by atoms with Crippen molar-refractivity contribution < 1.29 is 56.9 Å². The molecule has 8 nitrogen and oxygen atoms in total. The van der Waals surface area contributed by atoms with Crippen molar-refractivity contribution in [3.63, 3.8) is 0 Å². The maximum Gasteiger partial charge on any atom is 0.0912 e. The summed E-state index contributed by atoms with van der Waals surface area (Å²) in [5.74, 6) is 0. The third-order valence-electron chi connectivity index (χ3n) is 6.01. The number of hydrogen-bond donors (Lipinski definition) is 6. The summed E-state index contributed by atoms with van der Waals surface area (Å²) in [6, 6.07) is 8.84. The van der Waals surface area contributed by atoms with Crippen LogP contribution in [0.5, 0.6) is 0 Å². The van der Waals surface area contributed by atoms with Gasteiger partial charge in [0.1, 0.15) is 0 Å². The Kier molecular flexibility index (Phi) is 21.2. The second-order valence-corrected chi connectivity index (χ2v) is 8.91. The lowest BCUT2D eigenvalue weighted by Crippen LogP contribution is -3.00. The Bertz CT molecular complexity index is 498. The Hall–Kier alpha value is 0.360. The number of nitrogens with one attached hydrogen (secondary N) is 2. The van der Waals surface area contributed by atoms with Gasteiger partial charge in [0, 0.05) is 52.4 Å². The molecule has 0 saturated carbocycles. The number of nitrogens with zero attached hydrogens (tertiary/aromatic N) is 2. The van der Waals surface area contributed by atoms with Crippen LogP contribution in [0.15, 0.2) is 24.3 Å². The van der Waals surface area contributed by atoms with Crippen LogP contribution >= 0.6 is 0 Å². The van der Waals surface area contributed by atoms with Gasteiger partial charge < -0.3 is 90.5 Å². The van der Waals surface area contributed by atoms with Crippen molar-refractivity contribution in [1.29, 1.82) is 0 Å². The van der Waals surface area contributed by atoms with E-state index in [1.807, 2.05) is 0 Å². The van der Waals surface area contributed by atoms with E-state index in [-0.39, 0.29) is 48.0 Å². The highest BCUT2D eigenvalue weighted by Gasteiger charge is 2.19. The number of likely N-dealkylation sites (N-methyl/N-ethyl adjacent to an activating group) is 2. The zero-order valence-corrected chi connectivity index (χ0v) is 24.5. The summed E-state index contributed by atoms with van der Waals surface area (Å²) in [7, 11) is 4.47. The fourth-order valence-electron chi connectivity index (χ4n) is 3.86. The first-order chi connectivity index (χ1) is 14.4. The number of halogens is 2. The summed E-state index contributed by atoms with van der Waals surface area (Å²) >= 11 is 0. The maximum absolute atomic E-state index is 5.75. The third-order valence-corrected chi connectivity index (χ3v) is 6.01. The van der Waals surface area contributed by atoms with Gasteiger partial charge in [0.25, 0.3) is 0 Å². The Morgan fingerprint density at radius 3 is 1.09 bits per heavy atom. The van der Waals surface area contributed by atoms with Crippen molar-refractivity contribution in [2.75, 3.05) is 92.6 Å². The molecular formula is C22H48I2N8. The smallest absolute Gasteiger partial charge is 0.0912 e. The fraction of sp³-hybridized carbons (Fsp3) is 0.727. The Balaban J connectivity index is 0. The van der Waals surface area contributed by atoms with Crippen LogP contribution in [0.4, 0.5) is 0 Å². The van der Waals surface area contributed by atoms with E-state index >= 15 is 0 Å². The third kappa shape index (κ3) is 14.6. The molecule has 0 amide bonds. The zero-order valence-electron chi connectivity index (χ0n) is 20.2. The minimum Gasteiger partial charge on any atom is -1.00 e. The van der Waals surface area contributed by atoms with Crippen LogP contribution in [0.2, 0.25) is 0 Å². The Morgan fingerprint density at radius 1 is 0.562 bits per heavy atom. The topological polar surface area (TPSA) is 128 Å². The first-order valence-electron chi connectivity index (χ1n) is 11.4. The van der Waals surface area contributed by atoms with Crippen LogP contribution in [0.3, 0.4) is 0 Å². The fourth-order valence-corrected chi connectivity index (χ4v) is 3.86. The molecule has 10 N–H and O–H groups in total. The molecule has 0 radical (unpaired) electrons. The molecule has 0 aliphatic rings. The quantitative estimate of drug-likeness (QED) is 0.0521. The molecule has 32 heavy (non-hydrogen) atoms. The van der Waals surface area contributed by atoms with Crippen LogP contribution < -0.4 is 81.5 Å². The van der Waals surface area contributed by atoms with E-state index in [1.165, 1.54) is 11.1 Å². The summed E-state index contributed by atoms with van der Waals surface area (Å²) < 4.78 is 1.86. The van der Waals surface area contributed by atoms with Gasteiger partial charge in [-0.15, -0.1) is 0 Å². The first-order valence-corrected chi connectivity index (χ1v) is 11.4. The van der Waals surface area contributed by atoms with Crippen molar-refractivity contribution in [2.45, 2.75) is 13.1 Å². The average Bonchev–Trinajstić information content (AvgIpc) is 2.70. The molecule has 0 fully saturated rings. The molecular weight excluding hydrogens is 630 g/mol. The van der Waals surface area contributed by atoms with E-state index in [0.717, 1.165) is 74.4 Å². The van der Waals surface area contributed by atoms with Crippen molar-refractivity contribution in [3.8, 4) is 0 Å². The highest BCUT2D eigenvalue weighted by Crippen LogP contribution is 2.05. The second kappa shape index (κ2) is 19.6. The molecule has 0 bridgehead atoms. The molecule has 0 unspecified atom stereocenters. The number of hydrogen-bond acceptors (Lipinski definition) is 6. The van der Waals surface area contributed by atoms with Gasteiger partial charge in [-0.25, -0.2) is 0 Å². The number of nitrogens with two attached hydrogens (primary N) is 4. The number of benzene rings is 1. The SMILES string of the molecule is C[N+](CCN)(CCN)CCNCc1ccc(CNCC[N+](C)(CCN)CCN)cc1.[I-].[I-]. The average molecular weight is 678 g/mol. The molecule has 1 aromatic rings. The lowest BCUT2D eigenvalue weighted by molar-refractivity contribution is -0.905. The molecule has 0 aliphatic heterocycles. The predicted molar refractivity (Wildman–Crippen MR) is 128 cm³/mol. The monoisotopic (exact) mass is 678 g/mol. The van der Waals surface area contributed by atoms with Gasteiger partial charge in [-0.2, -0.15) is 0 Å². The minimum absolute atomic E-state index is 0. The van der Waals surface area contributed by atoms with E-state index in [4.69, 9.17) is 22.9 Å². The summed E-state index contributed by atoms with van der Waals surface area (Å²) in [6.07, 6.45) is 0. The summed E-state index contributed by atoms with van der Waals surface area (Å²) in [6.45, 7) is 12.4. The van der Waals surface area contributed by atoms with Crippen LogP contribution in [0.1, 0.15) is 11.1 Å². The summed E-state index contributed by atoms with van der Waals surface area (Å²) in [5, 5.41) is 7.10. The molecule has 10 heteroatoms. The van der Waals surface area contributed by atoms with E-state index < -0.39 is 0 Å². The lowest BCUT2D eigenvalue weighted by atomic mass is 10.1. The van der Waals surface area contributed by atoms with Gasteiger partial charge in [-0.3, -0.25) is 0 Å². The Morgan fingerprint density at radius 2 is 0.844 bits per heavy atom. The van der Waals surface area contributed by atoms with Crippen molar-refractivity contribution in [1.82, 2.24) is 10.6 Å². The van der Waals surface area contributed by atoms with Gasteiger partial charge in [0.05, 0.1) is 53.4 Å². The molecule has 0 heterocycles. The lowest BCUT2D eigenvalue weighted by Gasteiger charge is -2.34. The molecule has 0 spiro atoms. The van der Waals surface area contributed by atoms with Crippen LogP contribution in [-0.2, 0) is 13.1 Å². The standard InChI is InChI=1S/C22H48N8.2HI/c1-29(13-7-23,14-8-24)17-11-27-19-21-3-5-22(6-4-21)20-28-12-18-30(2,15-9-25)16-10-26;;/h3-6,27-28H,7-20,23-26H2,1-2H3;2*1H/q+2;;/p-2. The number of rotatable bonds is 18. The zero-order chi connectivity index (χ0) is 22.3. The van der Waals surface area contributed by atoms with Crippen molar-refractivity contribution in [2.24, 2.45) is 22.9 Å². The molecule has 1 rings (SSSR count).